The van der Waals surface area contributed by atoms with Gasteiger partial charge in [0.05, 0.1) is 22.7 Å². The molecule has 1 aliphatic rings. The molecular formula is C23H21IN2O7S. The van der Waals surface area contributed by atoms with Gasteiger partial charge in [-0.25, -0.2) is 4.79 Å². The maximum Gasteiger partial charge on any atom is 0.328 e. The Morgan fingerprint density at radius 2 is 1.88 bits per heavy atom. The molecule has 1 N–H and O–H groups in total. The minimum absolute atomic E-state index is 0.162. The third-order valence-corrected chi connectivity index (χ3v) is 6.39. The first kappa shape index (κ1) is 25.6. The van der Waals surface area contributed by atoms with Crippen LogP contribution < -0.4 is 14.8 Å². The van der Waals surface area contributed by atoms with Gasteiger partial charge in [0.15, 0.2) is 18.1 Å². The summed E-state index contributed by atoms with van der Waals surface area (Å²) in [4.78, 5) is 50.1. The molecule has 178 valence electrons. The van der Waals surface area contributed by atoms with Gasteiger partial charge in [-0.1, -0.05) is 18.2 Å². The number of hydrogen-bond donors (Lipinski definition) is 1. The number of halogens is 1. The van der Waals surface area contributed by atoms with Crippen LogP contribution in [0.25, 0.3) is 6.08 Å². The lowest BCUT2D eigenvalue weighted by atomic mass is 10.1. The highest BCUT2D eigenvalue weighted by molar-refractivity contribution is 14.1. The van der Waals surface area contributed by atoms with E-state index in [4.69, 9.17) is 9.47 Å². The average Bonchev–Trinajstić information content (AvgIpc) is 3.10. The predicted octanol–water partition coefficient (Wildman–Crippen LogP) is 3.92. The lowest BCUT2D eigenvalue weighted by molar-refractivity contribution is -0.148. The highest BCUT2D eigenvalue weighted by Crippen LogP contribution is 2.38. The highest BCUT2D eigenvalue weighted by Gasteiger charge is 2.41. The van der Waals surface area contributed by atoms with Gasteiger partial charge in [0.25, 0.3) is 17.1 Å². The molecule has 34 heavy (non-hydrogen) atoms. The van der Waals surface area contributed by atoms with Crippen LogP contribution in [0.2, 0.25) is 0 Å². The Morgan fingerprint density at radius 3 is 2.53 bits per heavy atom. The maximum atomic E-state index is 12.7. The highest BCUT2D eigenvalue weighted by atomic mass is 127. The van der Waals surface area contributed by atoms with E-state index in [2.05, 4.69) is 10.1 Å². The lowest BCUT2D eigenvalue weighted by Gasteiger charge is -2.18. The summed E-state index contributed by atoms with van der Waals surface area (Å²) in [6, 6.07) is 11.3. The van der Waals surface area contributed by atoms with E-state index in [1.165, 1.54) is 27.2 Å². The quantitative estimate of drug-likeness (QED) is 0.278. The third kappa shape index (κ3) is 5.89. The van der Waals surface area contributed by atoms with Crippen LogP contribution in [0.15, 0.2) is 47.4 Å². The van der Waals surface area contributed by atoms with Crippen LogP contribution in [0.3, 0.4) is 0 Å². The monoisotopic (exact) mass is 596 g/mol. The number of para-hydroxylation sites is 1. The number of anilines is 1. The Hall–Kier alpha value is -3.06. The van der Waals surface area contributed by atoms with Crippen molar-refractivity contribution in [1.29, 1.82) is 0 Å². The van der Waals surface area contributed by atoms with Crippen molar-refractivity contribution in [3.8, 4) is 11.5 Å². The van der Waals surface area contributed by atoms with Crippen molar-refractivity contribution in [2.24, 2.45) is 0 Å². The molecule has 3 amide bonds. The Morgan fingerprint density at radius 1 is 1.18 bits per heavy atom. The molecule has 2 aromatic rings. The number of hydrogen-bond acceptors (Lipinski definition) is 8. The number of thioether (sulfide) groups is 1. The largest absolute Gasteiger partial charge is 0.493 e. The van der Waals surface area contributed by atoms with Crippen molar-refractivity contribution < 1.29 is 33.4 Å². The zero-order valence-electron chi connectivity index (χ0n) is 18.5. The molecular weight excluding hydrogens is 575 g/mol. The molecule has 0 aliphatic carbocycles. The Labute approximate surface area is 213 Å². The molecule has 0 spiro atoms. The van der Waals surface area contributed by atoms with E-state index in [-0.39, 0.29) is 17.4 Å². The Bertz CT molecular complexity index is 1150. The number of nitrogens with one attached hydrogen (secondary N) is 1. The normalized spacial score (nSPS) is 15.3. The number of methoxy groups -OCH3 is 2. The van der Waals surface area contributed by atoms with E-state index in [1.807, 2.05) is 40.8 Å². The molecule has 1 saturated heterocycles. The lowest BCUT2D eigenvalue weighted by Crippen LogP contribution is -2.42. The first-order valence-electron chi connectivity index (χ1n) is 9.95. The summed E-state index contributed by atoms with van der Waals surface area (Å²) in [5.74, 6) is -0.873. The van der Waals surface area contributed by atoms with Gasteiger partial charge in [-0.15, -0.1) is 0 Å². The average molecular weight is 596 g/mol. The summed E-state index contributed by atoms with van der Waals surface area (Å²) in [5, 5.41) is 2.18. The summed E-state index contributed by atoms with van der Waals surface area (Å²) < 4.78 is 16.4. The fourth-order valence-electron chi connectivity index (χ4n) is 3.06. The van der Waals surface area contributed by atoms with Crippen LogP contribution in [0.4, 0.5) is 10.5 Å². The summed E-state index contributed by atoms with van der Waals surface area (Å²) in [7, 11) is 2.65. The number of carbonyl (C=O) groups excluding carboxylic acids is 4. The number of benzene rings is 2. The van der Waals surface area contributed by atoms with Gasteiger partial charge in [0.2, 0.25) is 0 Å². The Kier molecular flexibility index (Phi) is 8.56. The number of amides is 3. The van der Waals surface area contributed by atoms with Crippen molar-refractivity contribution in [2.45, 2.75) is 13.0 Å². The maximum absolute atomic E-state index is 12.7. The second-order valence-electron chi connectivity index (χ2n) is 6.99. The van der Waals surface area contributed by atoms with E-state index in [9.17, 15) is 19.2 Å². The van der Waals surface area contributed by atoms with Crippen molar-refractivity contribution in [3.63, 3.8) is 0 Å². The molecule has 0 saturated carbocycles. The minimum Gasteiger partial charge on any atom is -0.493 e. The van der Waals surface area contributed by atoms with Gasteiger partial charge >= 0.3 is 5.97 Å². The van der Waals surface area contributed by atoms with Crippen LogP contribution >= 0.6 is 34.4 Å². The molecule has 9 nitrogen and oxygen atoms in total. The smallest absolute Gasteiger partial charge is 0.328 e. The second-order valence-corrected chi connectivity index (χ2v) is 9.14. The summed E-state index contributed by atoms with van der Waals surface area (Å²) >= 11 is 2.77. The number of ether oxygens (including phenoxy) is 3. The Balaban J connectivity index is 1.76. The van der Waals surface area contributed by atoms with Crippen LogP contribution in [0.5, 0.6) is 11.5 Å². The molecule has 1 heterocycles. The number of imide groups is 1. The van der Waals surface area contributed by atoms with E-state index < -0.39 is 23.2 Å². The first-order chi connectivity index (χ1) is 16.2. The minimum atomic E-state index is -1.03. The van der Waals surface area contributed by atoms with Gasteiger partial charge in [-0.05, 0) is 77.2 Å². The summed E-state index contributed by atoms with van der Waals surface area (Å²) in [6.07, 6.45) is 1.53. The number of nitrogens with zero attached hydrogens (tertiary/aromatic N) is 1. The van der Waals surface area contributed by atoms with Crippen molar-refractivity contribution in [2.75, 3.05) is 26.1 Å². The molecule has 0 bridgehead atoms. The summed E-state index contributed by atoms with van der Waals surface area (Å²) in [6.45, 7) is 1.20. The predicted molar refractivity (Wildman–Crippen MR) is 136 cm³/mol. The SMILES string of the molecule is COC(=O)[C@@H](C)N1C(=O)S/C(=C/c2cc(I)c(OCC(=O)Nc3ccccc3)c(OC)c2)C1=O. The molecule has 0 unspecified atom stereocenters. The number of esters is 1. The fourth-order valence-corrected chi connectivity index (χ4v) is 4.75. The molecule has 1 atom stereocenters. The van der Waals surface area contributed by atoms with Crippen LogP contribution in [-0.2, 0) is 19.1 Å². The van der Waals surface area contributed by atoms with E-state index >= 15 is 0 Å². The van der Waals surface area contributed by atoms with Crippen LogP contribution in [0.1, 0.15) is 12.5 Å². The van der Waals surface area contributed by atoms with Crippen molar-refractivity contribution >= 4 is 69.1 Å². The topological polar surface area (TPSA) is 111 Å². The molecule has 0 aromatic heterocycles. The molecule has 2 aromatic carbocycles. The van der Waals surface area contributed by atoms with Gasteiger partial charge in [0.1, 0.15) is 6.04 Å². The zero-order chi connectivity index (χ0) is 24.8. The van der Waals surface area contributed by atoms with Gasteiger partial charge in [-0.2, -0.15) is 0 Å². The van der Waals surface area contributed by atoms with Gasteiger partial charge in [-0.3, -0.25) is 19.3 Å². The zero-order valence-corrected chi connectivity index (χ0v) is 21.5. The summed E-state index contributed by atoms with van der Waals surface area (Å²) in [5.41, 5.74) is 1.24. The first-order valence-corrected chi connectivity index (χ1v) is 11.8. The number of rotatable bonds is 8. The van der Waals surface area contributed by atoms with E-state index in [1.54, 1.807) is 24.3 Å². The third-order valence-electron chi connectivity index (χ3n) is 4.71. The van der Waals surface area contributed by atoms with Crippen LogP contribution in [-0.4, -0.2) is 54.8 Å². The number of carbonyl (C=O) groups is 4. The fraction of sp³-hybridized carbons (Fsp3) is 0.217. The van der Waals surface area contributed by atoms with E-state index in [0.29, 0.717) is 26.3 Å². The van der Waals surface area contributed by atoms with E-state index in [0.717, 1.165) is 16.7 Å². The van der Waals surface area contributed by atoms with Crippen molar-refractivity contribution in [1.82, 2.24) is 4.90 Å². The molecule has 0 radical (unpaired) electrons. The second kappa shape index (κ2) is 11.4. The molecule has 11 heteroatoms. The van der Waals surface area contributed by atoms with Gasteiger partial charge in [0, 0.05) is 5.69 Å². The van der Waals surface area contributed by atoms with Crippen molar-refractivity contribution in [3.05, 3.63) is 56.5 Å². The van der Waals surface area contributed by atoms with Gasteiger partial charge < -0.3 is 19.5 Å². The molecule has 3 rings (SSSR count). The molecule has 1 fully saturated rings. The van der Waals surface area contributed by atoms with Crippen LogP contribution in [0, 0.1) is 3.57 Å². The molecule has 1 aliphatic heterocycles. The standard InChI is InChI=1S/C23H21IN2O7S/c1-13(22(29)32-3)26-21(28)18(34-23(26)30)11-14-9-16(24)20(17(10-14)31-2)33-12-19(27)25-15-7-5-4-6-8-15/h4-11,13H,12H2,1-3H3,(H,25,27)/b18-11+/t13-/m1/s1.